The molecule has 4 nitrogen and oxygen atoms in total. The molecular formula is C14H11NO3S3. The van der Waals surface area contributed by atoms with E-state index in [2.05, 4.69) is 4.72 Å². The molecule has 2 heterocycles. The lowest BCUT2D eigenvalue weighted by molar-refractivity contribution is 0.104. The number of rotatable bonds is 4. The lowest BCUT2D eigenvalue weighted by atomic mass is 10.1. The molecule has 0 unspecified atom stereocenters. The predicted octanol–water partition coefficient (Wildman–Crippen LogP) is 3.57. The van der Waals surface area contributed by atoms with E-state index in [1.807, 2.05) is 17.5 Å². The summed E-state index contributed by atoms with van der Waals surface area (Å²) in [7, 11) is -3.30. The second kappa shape index (κ2) is 5.25. The molecule has 0 amide bonds. The van der Waals surface area contributed by atoms with Crippen LogP contribution in [0.25, 0.3) is 9.40 Å². The highest BCUT2D eigenvalue weighted by molar-refractivity contribution is 7.92. The van der Waals surface area contributed by atoms with Crippen LogP contribution in [0, 0.1) is 0 Å². The summed E-state index contributed by atoms with van der Waals surface area (Å²) in [6.45, 7) is 0. The van der Waals surface area contributed by atoms with E-state index < -0.39 is 10.0 Å². The zero-order chi connectivity index (χ0) is 15.0. The van der Waals surface area contributed by atoms with Gasteiger partial charge in [0.1, 0.15) is 0 Å². The number of anilines is 1. The maximum Gasteiger partial charge on any atom is 0.229 e. The molecule has 0 spiro atoms. The monoisotopic (exact) mass is 337 g/mol. The first-order valence-electron chi connectivity index (χ1n) is 6.02. The number of benzene rings is 1. The quantitative estimate of drug-likeness (QED) is 0.740. The maximum atomic E-state index is 12.4. The number of sulfonamides is 1. The number of hydrogen-bond acceptors (Lipinski definition) is 5. The van der Waals surface area contributed by atoms with Gasteiger partial charge in [0.2, 0.25) is 15.8 Å². The van der Waals surface area contributed by atoms with Crippen LogP contribution in [0.1, 0.15) is 15.2 Å². The summed E-state index contributed by atoms with van der Waals surface area (Å²) in [5.41, 5.74) is 0.990. The Morgan fingerprint density at radius 2 is 1.81 bits per heavy atom. The third-order valence-electron chi connectivity index (χ3n) is 2.81. The molecule has 0 aliphatic carbocycles. The van der Waals surface area contributed by atoms with Crippen LogP contribution in [-0.4, -0.2) is 20.5 Å². The second-order valence-corrected chi connectivity index (χ2v) is 8.32. The van der Waals surface area contributed by atoms with E-state index in [9.17, 15) is 13.2 Å². The minimum Gasteiger partial charge on any atom is -0.288 e. The Balaban J connectivity index is 1.86. The van der Waals surface area contributed by atoms with Crippen LogP contribution in [0.2, 0.25) is 0 Å². The molecule has 3 aromatic rings. The molecule has 0 saturated carbocycles. The number of carbonyl (C=O) groups is 1. The van der Waals surface area contributed by atoms with E-state index in [0.29, 0.717) is 16.1 Å². The largest absolute Gasteiger partial charge is 0.288 e. The van der Waals surface area contributed by atoms with Crippen molar-refractivity contribution in [2.24, 2.45) is 0 Å². The van der Waals surface area contributed by atoms with Crippen LogP contribution in [0.5, 0.6) is 0 Å². The van der Waals surface area contributed by atoms with Gasteiger partial charge in [-0.3, -0.25) is 9.52 Å². The molecule has 0 aliphatic rings. The van der Waals surface area contributed by atoms with Crippen LogP contribution in [0.3, 0.4) is 0 Å². The van der Waals surface area contributed by atoms with Gasteiger partial charge in [-0.2, -0.15) is 0 Å². The fourth-order valence-corrected chi connectivity index (χ4v) is 4.56. The highest BCUT2D eigenvalue weighted by atomic mass is 32.2. The van der Waals surface area contributed by atoms with Crippen molar-refractivity contribution in [3.05, 3.63) is 52.2 Å². The Labute approximate surface area is 130 Å². The van der Waals surface area contributed by atoms with Crippen LogP contribution in [0.4, 0.5) is 5.69 Å². The minimum absolute atomic E-state index is 0.0469. The Bertz CT molecular complexity index is 876. The molecule has 0 radical (unpaired) electrons. The number of ketones is 1. The summed E-state index contributed by atoms with van der Waals surface area (Å²) in [6, 6.07) is 10.3. The van der Waals surface area contributed by atoms with Crippen molar-refractivity contribution in [1.29, 1.82) is 0 Å². The maximum absolute atomic E-state index is 12.4. The highest BCUT2D eigenvalue weighted by Crippen LogP contribution is 2.31. The number of fused-ring (bicyclic) bond motifs is 1. The first-order valence-corrected chi connectivity index (χ1v) is 9.61. The third kappa shape index (κ3) is 3.15. The highest BCUT2D eigenvalue weighted by Gasteiger charge is 2.13. The van der Waals surface area contributed by atoms with Gasteiger partial charge in [0.05, 0.1) is 11.1 Å². The smallest absolute Gasteiger partial charge is 0.229 e. The standard InChI is InChI=1S/C14H11NO3S3/c1-21(17,18)15-10-4-2-9(3-5-10)14(16)13-8-12-11(20-13)6-7-19-12/h2-8,15H,1H3. The lowest BCUT2D eigenvalue weighted by Gasteiger charge is -2.04. The van der Waals surface area contributed by atoms with Crippen molar-refractivity contribution in [1.82, 2.24) is 0 Å². The molecule has 21 heavy (non-hydrogen) atoms. The third-order valence-corrected chi connectivity index (χ3v) is 5.51. The van der Waals surface area contributed by atoms with Gasteiger partial charge in [-0.15, -0.1) is 22.7 Å². The van der Waals surface area contributed by atoms with E-state index in [1.165, 1.54) is 11.3 Å². The van der Waals surface area contributed by atoms with Crippen molar-refractivity contribution in [3.63, 3.8) is 0 Å². The van der Waals surface area contributed by atoms with Crippen LogP contribution < -0.4 is 4.72 Å². The van der Waals surface area contributed by atoms with Crippen molar-refractivity contribution in [2.45, 2.75) is 0 Å². The summed E-state index contributed by atoms with van der Waals surface area (Å²) in [6.07, 6.45) is 1.09. The van der Waals surface area contributed by atoms with Gasteiger partial charge < -0.3 is 0 Å². The Morgan fingerprint density at radius 3 is 2.43 bits per heavy atom. The summed E-state index contributed by atoms with van der Waals surface area (Å²) in [5, 5.41) is 2.00. The number of carbonyl (C=O) groups excluding carboxylic acids is 1. The van der Waals surface area contributed by atoms with Gasteiger partial charge in [-0.05, 0) is 41.8 Å². The molecule has 7 heteroatoms. The van der Waals surface area contributed by atoms with Crippen molar-refractivity contribution in [3.8, 4) is 0 Å². The molecule has 0 bridgehead atoms. The van der Waals surface area contributed by atoms with Crippen LogP contribution in [0.15, 0.2) is 41.8 Å². The average molecular weight is 337 g/mol. The molecule has 0 aliphatic heterocycles. The summed E-state index contributed by atoms with van der Waals surface area (Å²) < 4.78 is 26.9. The number of hydrogen-bond donors (Lipinski definition) is 1. The van der Waals surface area contributed by atoms with Gasteiger partial charge in [0, 0.05) is 20.7 Å². The number of thiophene rings is 2. The molecule has 1 N–H and O–H groups in total. The fraction of sp³-hybridized carbons (Fsp3) is 0.0714. The minimum atomic E-state index is -3.30. The van der Waals surface area contributed by atoms with Crippen molar-refractivity contribution < 1.29 is 13.2 Å². The second-order valence-electron chi connectivity index (χ2n) is 4.54. The molecule has 0 fully saturated rings. The molecule has 0 saturated heterocycles. The molecular weight excluding hydrogens is 326 g/mol. The first-order chi connectivity index (χ1) is 9.92. The van der Waals surface area contributed by atoms with Crippen molar-refractivity contribution >= 4 is 53.6 Å². The molecule has 3 rings (SSSR count). The van der Waals surface area contributed by atoms with Gasteiger partial charge in [-0.25, -0.2) is 8.42 Å². The van der Waals surface area contributed by atoms with Crippen LogP contribution in [-0.2, 0) is 10.0 Å². The van der Waals surface area contributed by atoms with Gasteiger partial charge in [0.25, 0.3) is 0 Å². The van der Waals surface area contributed by atoms with E-state index in [4.69, 9.17) is 0 Å². The van der Waals surface area contributed by atoms with E-state index in [0.717, 1.165) is 15.7 Å². The summed E-state index contributed by atoms with van der Waals surface area (Å²) >= 11 is 3.08. The van der Waals surface area contributed by atoms with E-state index >= 15 is 0 Å². The SMILES string of the molecule is CS(=O)(=O)Nc1ccc(C(=O)c2cc3sccc3s2)cc1. The first kappa shape index (κ1) is 14.2. The van der Waals surface area contributed by atoms with Gasteiger partial charge >= 0.3 is 0 Å². The summed E-state index contributed by atoms with van der Waals surface area (Å²) in [4.78, 5) is 13.1. The fourth-order valence-electron chi connectivity index (χ4n) is 1.92. The Hall–Kier alpha value is -1.70. The zero-order valence-corrected chi connectivity index (χ0v) is 13.4. The van der Waals surface area contributed by atoms with Crippen molar-refractivity contribution in [2.75, 3.05) is 11.0 Å². The molecule has 108 valence electrons. The van der Waals surface area contributed by atoms with E-state index in [-0.39, 0.29) is 5.78 Å². The topological polar surface area (TPSA) is 63.2 Å². The van der Waals surface area contributed by atoms with Crippen LogP contribution >= 0.6 is 22.7 Å². The molecule has 0 atom stereocenters. The molecule has 2 aromatic heterocycles. The van der Waals surface area contributed by atoms with E-state index in [1.54, 1.807) is 35.6 Å². The normalized spacial score (nSPS) is 11.7. The Kier molecular flexibility index (Phi) is 3.56. The number of nitrogens with one attached hydrogen (secondary N) is 1. The lowest BCUT2D eigenvalue weighted by Crippen LogP contribution is -2.09. The van der Waals surface area contributed by atoms with Gasteiger partial charge in [0.15, 0.2) is 0 Å². The predicted molar refractivity (Wildman–Crippen MR) is 88.0 cm³/mol. The summed E-state index contributed by atoms with van der Waals surface area (Å²) in [5.74, 6) is -0.0469. The van der Waals surface area contributed by atoms with Gasteiger partial charge in [-0.1, -0.05) is 0 Å². The zero-order valence-electron chi connectivity index (χ0n) is 11.0. The molecule has 1 aromatic carbocycles. The average Bonchev–Trinajstić information content (AvgIpc) is 2.97. The Morgan fingerprint density at radius 1 is 1.10 bits per heavy atom.